The lowest BCUT2D eigenvalue weighted by Gasteiger charge is -2.35. The second kappa shape index (κ2) is 8.54. The van der Waals surface area contributed by atoms with Crippen molar-refractivity contribution < 1.29 is 14.4 Å². The number of benzene rings is 1. The highest BCUT2D eigenvalue weighted by Gasteiger charge is 2.47. The van der Waals surface area contributed by atoms with Gasteiger partial charge in [-0.1, -0.05) is 18.2 Å². The van der Waals surface area contributed by atoms with Gasteiger partial charge < -0.3 is 20.0 Å². The maximum Gasteiger partial charge on any atom is 0.255 e. The van der Waals surface area contributed by atoms with Gasteiger partial charge >= 0.3 is 0 Å². The topological polar surface area (TPSA) is 110 Å². The molecule has 1 saturated heterocycles. The largest absolute Gasteiger partial charge is 0.353 e. The Labute approximate surface area is 191 Å². The van der Waals surface area contributed by atoms with E-state index >= 15 is 0 Å². The number of pyridine rings is 1. The molecule has 9 nitrogen and oxygen atoms in total. The fourth-order valence-corrected chi connectivity index (χ4v) is 4.55. The lowest BCUT2D eigenvalue weighted by Crippen LogP contribution is -2.52. The van der Waals surface area contributed by atoms with E-state index in [-0.39, 0.29) is 30.3 Å². The van der Waals surface area contributed by atoms with Crippen LogP contribution in [0.1, 0.15) is 40.4 Å². The van der Waals surface area contributed by atoms with Gasteiger partial charge in [-0.15, -0.1) is 0 Å². The summed E-state index contributed by atoms with van der Waals surface area (Å²) in [5, 5.41) is 11.8. The molecule has 1 unspecified atom stereocenters. The lowest BCUT2D eigenvalue weighted by atomic mass is 10.0. The number of nitrogens with one attached hydrogen (secondary N) is 1. The molecule has 1 aromatic heterocycles. The number of piperazine rings is 1. The van der Waals surface area contributed by atoms with Crippen LogP contribution in [0, 0.1) is 11.3 Å². The van der Waals surface area contributed by atoms with Crippen LogP contribution in [-0.4, -0.2) is 71.3 Å². The Morgan fingerprint density at radius 2 is 1.88 bits per heavy atom. The van der Waals surface area contributed by atoms with Crippen molar-refractivity contribution in [2.45, 2.75) is 24.9 Å². The summed E-state index contributed by atoms with van der Waals surface area (Å²) in [4.78, 5) is 48.4. The minimum Gasteiger partial charge on any atom is -0.353 e. The average molecular weight is 444 g/mol. The molecule has 168 valence electrons. The standard InChI is InChI=1S/C24H24N6O3/c25-14-16-7-8-26-20(13-16)28-9-11-29(12-10-28)21(31)15-27-23(32)22-18-3-1-2-4-19(18)24(33)30(22)17-5-6-17/h1-4,7-8,13,17,22H,5-6,9-12,15H2,(H,27,32). The average Bonchev–Trinajstić information content (AvgIpc) is 3.66. The first-order chi connectivity index (χ1) is 16.1. The first-order valence-corrected chi connectivity index (χ1v) is 11.1. The third kappa shape index (κ3) is 4.00. The number of anilines is 1. The molecule has 0 bridgehead atoms. The molecule has 3 amide bonds. The van der Waals surface area contributed by atoms with Gasteiger partial charge in [0.1, 0.15) is 11.9 Å². The van der Waals surface area contributed by atoms with Gasteiger partial charge in [0.15, 0.2) is 0 Å². The highest BCUT2D eigenvalue weighted by molar-refractivity contribution is 6.05. The number of nitrogens with zero attached hydrogens (tertiary/aromatic N) is 5. The molecule has 0 spiro atoms. The van der Waals surface area contributed by atoms with Gasteiger partial charge in [-0.2, -0.15) is 5.26 Å². The maximum atomic E-state index is 13.1. The molecule has 1 N–H and O–H groups in total. The molecule has 2 aliphatic heterocycles. The Morgan fingerprint density at radius 3 is 2.61 bits per heavy atom. The van der Waals surface area contributed by atoms with E-state index in [0.717, 1.165) is 18.7 Å². The Bertz CT molecular complexity index is 1150. The molecule has 1 atom stereocenters. The first kappa shape index (κ1) is 20.9. The highest BCUT2D eigenvalue weighted by Crippen LogP contribution is 2.41. The van der Waals surface area contributed by atoms with Crippen molar-refractivity contribution >= 4 is 23.5 Å². The molecular formula is C24H24N6O3. The summed E-state index contributed by atoms with van der Waals surface area (Å²) < 4.78 is 0. The fourth-order valence-electron chi connectivity index (χ4n) is 4.55. The number of fused-ring (bicyclic) bond motifs is 1. The number of aromatic nitrogens is 1. The Balaban J connectivity index is 1.18. The van der Waals surface area contributed by atoms with Crippen LogP contribution in [0.4, 0.5) is 5.82 Å². The summed E-state index contributed by atoms with van der Waals surface area (Å²) >= 11 is 0. The molecule has 1 aliphatic carbocycles. The van der Waals surface area contributed by atoms with E-state index in [1.807, 2.05) is 17.0 Å². The van der Waals surface area contributed by atoms with Crippen LogP contribution in [-0.2, 0) is 9.59 Å². The third-order valence-corrected chi connectivity index (χ3v) is 6.43. The second-order valence-corrected chi connectivity index (χ2v) is 8.53. The van der Waals surface area contributed by atoms with Crippen molar-refractivity contribution in [3.8, 4) is 6.07 Å². The van der Waals surface area contributed by atoms with Crippen LogP contribution in [0.5, 0.6) is 0 Å². The summed E-state index contributed by atoms with van der Waals surface area (Å²) in [6, 6.07) is 12.1. The SMILES string of the molecule is N#Cc1ccnc(N2CCN(C(=O)CNC(=O)C3c4ccccc4C(=O)N3C3CC3)CC2)c1. The van der Waals surface area contributed by atoms with Gasteiger partial charge in [-0.25, -0.2) is 4.98 Å². The fraction of sp³-hybridized carbons (Fsp3) is 0.375. The second-order valence-electron chi connectivity index (χ2n) is 8.53. The lowest BCUT2D eigenvalue weighted by molar-refractivity contribution is -0.134. The number of carbonyl (C=O) groups is 3. The van der Waals surface area contributed by atoms with Crippen LogP contribution in [0.25, 0.3) is 0 Å². The van der Waals surface area contributed by atoms with E-state index in [9.17, 15) is 14.4 Å². The zero-order valence-electron chi connectivity index (χ0n) is 18.1. The van der Waals surface area contributed by atoms with E-state index in [1.165, 1.54) is 0 Å². The molecule has 1 aromatic carbocycles. The van der Waals surface area contributed by atoms with Crippen molar-refractivity contribution in [1.82, 2.24) is 20.1 Å². The molecule has 3 aliphatic rings. The van der Waals surface area contributed by atoms with Crippen molar-refractivity contribution in [2.24, 2.45) is 0 Å². The molecule has 2 fully saturated rings. The highest BCUT2D eigenvalue weighted by atomic mass is 16.2. The summed E-state index contributed by atoms with van der Waals surface area (Å²) in [6.45, 7) is 2.10. The number of hydrogen-bond donors (Lipinski definition) is 1. The number of rotatable bonds is 5. The molecule has 1 saturated carbocycles. The van der Waals surface area contributed by atoms with Gasteiger partial charge in [0, 0.05) is 44.0 Å². The van der Waals surface area contributed by atoms with Gasteiger partial charge in [-0.3, -0.25) is 14.4 Å². The third-order valence-electron chi connectivity index (χ3n) is 6.43. The number of hydrogen-bond acceptors (Lipinski definition) is 6. The van der Waals surface area contributed by atoms with Gasteiger partial charge in [0.05, 0.1) is 18.2 Å². The molecule has 2 aromatic rings. The summed E-state index contributed by atoms with van der Waals surface area (Å²) in [5.41, 5.74) is 1.83. The number of amides is 3. The van der Waals surface area contributed by atoms with Crippen LogP contribution in [0.2, 0.25) is 0 Å². The van der Waals surface area contributed by atoms with E-state index in [2.05, 4.69) is 16.4 Å². The quantitative estimate of drug-likeness (QED) is 0.739. The Kier molecular flexibility index (Phi) is 5.42. The van der Waals surface area contributed by atoms with Gasteiger partial charge in [0.25, 0.3) is 5.91 Å². The van der Waals surface area contributed by atoms with Crippen molar-refractivity contribution in [3.63, 3.8) is 0 Å². The van der Waals surface area contributed by atoms with E-state index < -0.39 is 6.04 Å². The van der Waals surface area contributed by atoms with E-state index in [1.54, 1.807) is 40.3 Å². The smallest absolute Gasteiger partial charge is 0.255 e. The monoisotopic (exact) mass is 444 g/mol. The Morgan fingerprint density at radius 1 is 1.12 bits per heavy atom. The van der Waals surface area contributed by atoms with Gasteiger partial charge in [-0.05, 0) is 36.6 Å². The van der Waals surface area contributed by atoms with E-state index in [0.29, 0.717) is 42.9 Å². The molecule has 3 heterocycles. The van der Waals surface area contributed by atoms with Crippen molar-refractivity contribution in [3.05, 3.63) is 59.3 Å². The predicted molar refractivity (Wildman–Crippen MR) is 119 cm³/mol. The van der Waals surface area contributed by atoms with Crippen LogP contribution in [0.3, 0.4) is 0 Å². The summed E-state index contributed by atoms with van der Waals surface area (Å²) in [7, 11) is 0. The van der Waals surface area contributed by atoms with E-state index in [4.69, 9.17) is 5.26 Å². The number of nitriles is 1. The molecule has 0 radical (unpaired) electrons. The summed E-state index contributed by atoms with van der Waals surface area (Å²) in [6.07, 6.45) is 3.41. The maximum absolute atomic E-state index is 13.1. The van der Waals surface area contributed by atoms with Crippen LogP contribution >= 0.6 is 0 Å². The minimum atomic E-state index is -0.677. The normalized spacial score (nSPS) is 19.8. The predicted octanol–water partition coefficient (Wildman–Crippen LogP) is 1.08. The molecule has 5 rings (SSSR count). The van der Waals surface area contributed by atoms with Crippen LogP contribution in [0.15, 0.2) is 42.6 Å². The van der Waals surface area contributed by atoms with Crippen LogP contribution < -0.4 is 10.2 Å². The van der Waals surface area contributed by atoms with Gasteiger partial charge in [0.2, 0.25) is 11.8 Å². The minimum absolute atomic E-state index is 0.0950. The molecular weight excluding hydrogens is 420 g/mol. The Hall–Kier alpha value is -3.93. The van der Waals surface area contributed by atoms with Crippen molar-refractivity contribution in [2.75, 3.05) is 37.6 Å². The van der Waals surface area contributed by atoms with Crippen molar-refractivity contribution in [1.29, 1.82) is 5.26 Å². The molecule has 9 heteroatoms. The zero-order chi connectivity index (χ0) is 22.9. The number of carbonyl (C=O) groups excluding carboxylic acids is 3. The molecule has 33 heavy (non-hydrogen) atoms. The zero-order valence-corrected chi connectivity index (χ0v) is 18.1. The summed E-state index contributed by atoms with van der Waals surface area (Å²) in [5.74, 6) is 0.144. The first-order valence-electron chi connectivity index (χ1n) is 11.1.